The van der Waals surface area contributed by atoms with Gasteiger partial charge in [0.2, 0.25) is 0 Å². The normalized spacial score (nSPS) is 27.4. The number of rotatable bonds is 5. The molecule has 3 heteroatoms. The Hall–Kier alpha value is -0.120. The Bertz CT molecular complexity index is 214. The van der Waals surface area contributed by atoms with Crippen molar-refractivity contribution >= 4 is 0 Å². The summed E-state index contributed by atoms with van der Waals surface area (Å²) in [7, 11) is 0. The van der Waals surface area contributed by atoms with E-state index in [1.165, 1.54) is 71.5 Å². The van der Waals surface area contributed by atoms with Crippen molar-refractivity contribution in [1.82, 2.24) is 14.7 Å². The summed E-state index contributed by atoms with van der Waals surface area (Å²) in [5.74, 6) is 0. The second kappa shape index (κ2) is 6.72. The van der Waals surface area contributed by atoms with Crippen LogP contribution in [0.5, 0.6) is 0 Å². The van der Waals surface area contributed by atoms with Crippen molar-refractivity contribution < 1.29 is 0 Å². The third-order valence-corrected chi connectivity index (χ3v) is 4.49. The van der Waals surface area contributed by atoms with Crippen LogP contribution in [0.15, 0.2) is 0 Å². The highest BCUT2D eigenvalue weighted by Crippen LogP contribution is 2.23. The van der Waals surface area contributed by atoms with E-state index in [1.807, 2.05) is 0 Å². The Morgan fingerprint density at radius 1 is 1.00 bits per heavy atom. The molecule has 2 heterocycles. The van der Waals surface area contributed by atoms with Crippen LogP contribution in [0.4, 0.5) is 0 Å². The average molecular weight is 239 g/mol. The molecule has 0 unspecified atom stereocenters. The first-order chi connectivity index (χ1) is 8.35. The lowest BCUT2D eigenvalue weighted by molar-refractivity contribution is -0.0236. The first kappa shape index (κ1) is 13.3. The smallest absolute Gasteiger partial charge is 0.0622 e. The van der Waals surface area contributed by atoms with Crippen LogP contribution in [0.3, 0.4) is 0 Å². The predicted molar refractivity (Wildman–Crippen MR) is 73.2 cm³/mol. The van der Waals surface area contributed by atoms with Gasteiger partial charge in [-0.25, -0.2) is 0 Å². The van der Waals surface area contributed by atoms with E-state index in [0.29, 0.717) is 0 Å². The van der Waals surface area contributed by atoms with Crippen LogP contribution in [0.2, 0.25) is 0 Å². The van der Waals surface area contributed by atoms with Crippen LogP contribution < -0.4 is 0 Å². The van der Waals surface area contributed by atoms with Gasteiger partial charge in [0, 0.05) is 26.2 Å². The molecule has 0 aromatic heterocycles. The SMILES string of the molecule is CCN(CC)CCN1CCCN2CCCC[C@H]21. The van der Waals surface area contributed by atoms with Crippen molar-refractivity contribution in [3.05, 3.63) is 0 Å². The number of hydrogen-bond acceptors (Lipinski definition) is 3. The van der Waals surface area contributed by atoms with Crippen LogP contribution in [-0.4, -0.2) is 66.7 Å². The molecular formula is C14H29N3. The third kappa shape index (κ3) is 3.43. The maximum absolute atomic E-state index is 2.74. The fourth-order valence-corrected chi connectivity index (χ4v) is 3.34. The molecule has 100 valence electrons. The van der Waals surface area contributed by atoms with Gasteiger partial charge in [0.1, 0.15) is 0 Å². The predicted octanol–water partition coefficient (Wildman–Crippen LogP) is 1.85. The van der Waals surface area contributed by atoms with Gasteiger partial charge in [0.05, 0.1) is 6.17 Å². The highest BCUT2D eigenvalue weighted by Gasteiger charge is 2.30. The Balaban J connectivity index is 1.82. The minimum Gasteiger partial charge on any atom is -0.303 e. The van der Waals surface area contributed by atoms with Crippen molar-refractivity contribution in [3.8, 4) is 0 Å². The second-order valence-electron chi connectivity index (χ2n) is 5.43. The minimum absolute atomic E-state index is 0.771. The van der Waals surface area contributed by atoms with Gasteiger partial charge in [-0.3, -0.25) is 9.80 Å². The van der Waals surface area contributed by atoms with Gasteiger partial charge in [0.15, 0.2) is 0 Å². The fourth-order valence-electron chi connectivity index (χ4n) is 3.34. The summed E-state index contributed by atoms with van der Waals surface area (Å²) in [6, 6.07) is 0. The van der Waals surface area contributed by atoms with E-state index in [1.54, 1.807) is 0 Å². The summed E-state index contributed by atoms with van der Waals surface area (Å²) in [6.45, 7) is 13.4. The van der Waals surface area contributed by atoms with Crippen LogP contribution in [-0.2, 0) is 0 Å². The molecule has 17 heavy (non-hydrogen) atoms. The Kier molecular flexibility index (Phi) is 5.26. The molecule has 0 aromatic carbocycles. The zero-order valence-corrected chi connectivity index (χ0v) is 11.7. The van der Waals surface area contributed by atoms with Gasteiger partial charge < -0.3 is 4.90 Å². The first-order valence-electron chi connectivity index (χ1n) is 7.55. The second-order valence-corrected chi connectivity index (χ2v) is 5.43. The lowest BCUT2D eigenvalue weighted by atomic mass is 10.0. The number of nitrogens with zero attached hydrogens (tertiary/aromatic N) is 3. The standard InChI is InChI=1S/C14H29N3/c1-3-15(4-2)12-13-17-11-7-10-16-9-6-5-8-14(16)17/h14H,3-13H2,1-2H3/t14-/m1/s1. The molecule has 2 aliphatic heterocycles. The van der Waals surface area contributed by atoms with Crippen LogP contribution in [0.1, 0.15) is 39.5 Å². The largest absolute Gasteiger partial charge is 0.303 e. The van der Waals surface area contributed by atoms with E-state index in [-0.39, 0.29) is 0 Å². The van der Waals surface area contributed by atoms with E-state index in [0.717, 1.165) is 6.17 Å². The summed E-state index contributed by atoms with van der Waals surface area (Å²) in [5.41, 5.74) is 0. The number of likely N-dealkylation sites (N-methyl/N-ethyl adjacent to an activating group) is 1. The van der Waals surface area contributed by atoms with E-state index >= 15 is 0 Å². The summed E-state index contributed by atoms with van der Waals surface area (Å²) in [4.78, 5) is 8.00. The molecule has 3 nitrogen and oxygen atoms in total. The highest BCUT2D eigenvalue weighted by molar-refractivity contribution is 4.82. The van der Waals surface area contributed by atoms with Crippen molar-refractivity contribution in [1.29, 1.82) is 0 Å². The lowest BCUT2D eigenvalue weighted by Gasteiger charge is -2.47. The maximum atomic E-state index is 2.74. The molecule has 0 amide bonds. The molecule has 2 rings (SSSR count). The lowest BCUT2D eigenvalue weighted by Crippen LogP contribution is -2.56. The minimum atomic E-state index is 0.771. The molecule has 0 N–H and O–H groups in total. The number of piperidine rings is 1. The molecular weight excluding hydrogens is 210 g/mol. The number of hydrogen-bond donors (Lipinski definition) is 0. The van der Waals surface area contributed by atoms with Gasteiger partial charge in [-0.15, -0.1) is 0 Å². The molecule has 1 atom stereocenters. The molecule has 0 radical (unpaired) electrons. The van der Waals surface area contributed by atoms with Gasteiger partial charge in [-0.2, -0.15) is 0 Å². The first-order valence-corrected chi connectivity index (χ1v) is 7.55. The molecule has 0 bridgehead atoms. The highest BCUT2D eigenvalue weighted by atomic mass is 15.4. The maximum Gasteiger partial charge on any atom is 0.0622 e. The molecule has 0 aliphatic carbocycles. The molecule has 2 fully saturated rings. The van der Waals surface area contributed by atoms with Crippen molar-refractivity contribution in [3.63, 3.8) is 0 Å². The molecule has 0 saturated carbocycles. The zero-order chi connectivity index (χ0) is 12.1. The molecule has 2 aliphatic rings. The Morgan fingerprint density at radius 3 is 2.53 bits per heavy atom. The van der Waals surface area contributed by atoms with Gasteiger partial charge in [0.25, 0.3) is 0 Å². The molecule has 0 aromatic rings. The Morgan fingerprint density at radius 2 is 1.76 bits per heavy atom. The average Bonchev–Trinajstić information content (AvgIpc) is 2.40. The summed E-state index contributed by atoms with van der Waals surface area (Å²) in [5, 5.41) is 0. The van der Waals surface area contributed by atoms with Crippen LogP contribution in [0, 0.1) is 0 Å². The van der Waals surface area contributed by atoms with E-state index < -0.39 is 0 Å². The Labute approximate surface area is 107 Å². The van der Waals surface area contributed by atoms with Crippen molar-refractivity contribution in [2.24, 2.45) is 0 Å². The summed E-state index contributed by atoms with van der Waals surface area (Å²) in [6.07, 6.45) is 6.39. The van der Waals surface area contributed by atoms with Crippen molar-refractivity contribution in [2.45, 2.75) is 45.7 Å². The van der Waals surface area contributed by atoms with Gasteiger partial charge in [-0.05, 0) is 45.3 Å². The van der Waals surface area contributed by atoms with E-state index in [2.05, 4.69) is 28.5 Å². The van der Waals surface area contributed by atoms with Crippen molar-refractivity contribution in [2.75, 3.05) is 45.8 Å². The van der Waals surface area contributed by atoms with E-state index in [9.17, 15) is 0 Å². The van der Waals surface area contributed by atoms with Gasteiger partial charge in [-0.1, -0.05) is 13.8 Å². The van der Waals surface area contributed by atoms with Gasteiger partial charge >= 0.3 is 0 Å². The van der Waals surface area contributed by atoms with Crippen LogP contribution >= 0.6 is 0 Å². The summed E-state index contributed by atoms with van der Waals surface area (Å²) < 4.78 is 0. The molecule has 2 saturated heterocycles. The van der Waals surface area contributed by atoms with E-state index in [4.69, 9.17) is 0 Å². The third-order valence-electron chi connectivity index (χ3n) is 4.49. The zero-order valence-electron chi connectivity index (χ0n) is 11.7. The summed E-state index contributed by atoms with van der Waals surface area (Å²) >= 11 is 0. The topological polar surface area (TPSA) is 9.72 Å². The fraction of sp³-hybridized carbons (Fsp3) is 1.00. The molecule has 0 spiro atoms. The quantitative estimate of drug-likeness (QED) is 0.725. The number of fused-ring (bicyclic) bond motifs is 1. The monoisotopic (exact) mass is 239 g/mol. The van der Waals surface area contributed by atoms with Crippen LogP contribution in [0.25, 0.3) is 0 Å².